The van der Waals surface area contributed by atoms with Gasteiger partial charge in [0, 0.05) is 36.8 Å². The van der Waals surface area contributed by atoms with Crippen molar-refractivity contribution in [2.75, 3.05) is 17.8 Å². The average molecular weight is 591 g/mol. The van der Waals surface area contributed by atoms with Crippen molar-refractivity contribution in [3.63, 3.8) is 0 Å². The Bertz CT molecular complexity index is 1490. The fourth-order valence-corrected chi connectivity index (χ4v) is 8.72. The van der Waals surface area contributed by atoms with Crippen LogP contribution in [0, 0.1) is 10.8 Å². The van der Waals surface area contributed by atoms with Crippen molar-refractivity contribution >= 4 is 15.7 Å². The molecule has 7 nitrogen and oxygen atoms in total. The van der Waals surface area contributed by atoms with E-state index in [1.165, 1.54) is 19.3 Å². The summed E-state index contributed by atoms with van der Waals surface area (Å²) in [6, 6.07) is 24.1. The smallest absolute Gasteiger partial charge is 0.261 e. The molecule has 2 N–H and O–H groups in total. The zero-order chi connectivity index (χ0) is 29.5. The number of likely N-dealkylation sites (tertiary alicyclic amines) is 1. The van der Waals surface area contributed by atoms with E-state index in [0.717, 1.165) is 36.2 Å². The number of hydrogen-bond donors (Lipinski definition) is 2. The SMILES string of the molecule is CC1(C)CC2CC(C)(CN2C[C@@H]2C[C@H](c3ccc(CO)cc3)O[C@H](c3cccc(NS(=O)(=O)c4ccccc4)c3)O2)C1. The summed E-state index contributed by atoms with van der Waals surface area (Å²) in [6.07, 6.45) is 3.50. The molecule has 0 aromatic heterocycles. The van der Waals surface area contributed by atoms with Crippen LogP contribution in [0.1, 0.15) is 75.5 Å². The van der Waals surface area contributed by atoms with Crippen molar-refractivity contribution in [2.24, 2.45) is 10.8 Å². The molecule has 8 heteroatoms. The standard InChI is InChI=1S/C34H42N2O5S/c1-33(2)18-28-19-34(3,22-33)23-36(28)20-29-17-31(25-14-12-24(21-37)13-15-25)41-32(40-29)26-8-7-9-27(16-26)35-42(38,39)30-10-5-4-6-11-30/h4-16,28-29,31-32,35,37H,17-23H2,1-3H3/t28?,29-,31+,32+,34?/m0/s1. The first-order valence-electron chi connectivity index (χ1n) is 14.9. The summed E-state index contributed by atoms with van der Waals surface area (Å²) in [5.41, 5.74) is 3.80. The number of rotatable bonds is 8. The molecule has 2 saturated heterocycles. The quantitative estimate of drug-likeness (QED) is 0.315. The van der Waals surface area contributed by atoms with E-state index in [1.54, 1.807) is 42.5 Å². The van der Waals surface area contributed by atoms with E-state index in [1.807, 2.05) is 36.4 Å². The van der Waals surface area contributed by atoms with E-state index in [0.29, 0.717) is 22.6 Å². The van der Waals surface area contributed by atoms with E-state index in [-0.39, 0.29) is 23.7 Å². The van der Waals surface area contributed by atoms with Crippen LogP contribution in [-0.2, 0) is 26.1 Å². The van der Waals surface area contributed by atoms with Crippen LogP contribution >= 0.6 is 0 Å². The summed E-state index contributed by atoms with van der Waals surface area (Å²) in [5.74, 6) is 0. The zero-order valence-corrected chi connectivity index (χ0v) is 25.5. The van der Waals surface area contributed by atoms with E-state index < -0.39 is 16.3 Å². The van der Waals surface area contributed by atoms with Gasteiger partial charge in [0.05, 0.1) is 23.7 Å². The molecule has 3 fully saturated rings. The van der Waals surface area contributed by atoms with E-state index in [2.05, 4.69) is 30.4 Å². The number of anilines is 1. The molecule has 0 amide bonds. The summed E-state index contributed by atoms with van der Waals surface area (Å²) in [7, 11) is -3.73. The number of sulfonamides is 1. The molecule has 1 aliphatic carbocycles. The van der Waals surface area contributed by atoms with Crippen molar-refractivity contribution in [2.45, 2.75) is 82.5 Å². The van der Waals surface area contributed by atoms with Crippen LogP contribution < -0.4 is 4.72 Å². The molecule has 0 spiro atoms. The van der Waals surface area contributed by atoms with E-state index >= 15 is 0 Å². The van der Waals surface area contributed by atoms with Crippen LogP contribution in [-0.4, -0.2) is 43.7 Å². The number of ether oxygens (including phenoxy) is 2. The second-order valence-corrected chi connectivity index (χ2v) is 15.2. The Morgan fingerprint density at radius 3 is 2.43 bits per heavy atom. The molecule has 2 bridgehead atoms. The molecule has 3 aromatic carbocycles. The average Bonchev–Trinajstić information content (AvgIpc) is 3.20. The fraction of sp³-hybridized carbons (Fsp3) is 0.471. The lowest BCUT2D eigenvalue weighted by molar-refractivity contribution is -0.253. The molecule has 6 rings (SSSR count). The van der Waals surface area contributed by atoms with Crippen LogP contribution in [0.2, 0.25) is 0 Å². The minimum atomic E-state index is -3.73. The third-order valence-electron chi connectivity index (χ3n) is 9.04. The largest absolute Gasteiger partial charge is 0.392 e. The molecule has 2 heterocycles. The summed E-state index contributed by atoms with van der Waals surface area (Å²) in [4.78, 5) is 2.85. The number of nitrogens with one attached hydrogen (secondary N) is 1. The molecule has 3 aromatic rings. The highest BCUT2D eigenvalue weighted by atomic mass is 32.2. The van der Waals surface area contributed by atoms with Gasteiger partial charge in [0.1, 0.15) is 0 Å². The summed E-state index contributed by atoms with van der Waals surface area (Å²) in [5, 5.41) is 9.54. The molecule has 3 aliphatic rings. The highest BCUT2D eigenvalue weighted by Crippen LogP contribution is 2.53. The Hall–Kier alpha value is -2.75. The zero-order valence-electron chi connectivity index (χ0n) is 24.7. The number of hydrogen-bond acceptors (Lipinski definition) is 6. The van der Waals surface area contributed by atoms with Crippen molar-refractivity contribution in [1.82, 2.24) is 4.90 Å². The lowest BCUT2D eigenvalue weighted by Crippen LogP contribution is -2.42. The van der Waals surface area contributed by atoms with Crippen LogP contribution in [0.5, 0.6) is 0 Å². The Labute approximate surface area is 249 Å². The second kappa shape index (κ2) is 11.4. The van der Waals surface area contributed by atoms with Gasteiger partial charge < -0.3 is 14.6 Å². The first-order chi connectivity index (χ1) is 20.0. The third-order valence-corrected chi connectivity index (χ3v) is 10.4. The normalized spacial score (nSPS) is 29.3. The van der Waals surface area contributed by atoms with Crippen molar-refractivity contribution in [3.05, 3.63) is 95.6 Å². The highest BCUT2D eigenvalue weighted by molar-refractivity contribution is 7.92. The van der Waals surface area contributed by atoms with Gasteiger partial charge in [0.15, 0.2) is 6.29 Å². The van der Waals surface area contributed by atoms with Gasteiger partial charge in [-0.05, 0) is 65.5 Å². The number of benzene rings is 3. The predicted octanol–water partition coefficient (Wildman–Crippen LogP) is 6.43. The molecular weight excluding hydrogens is 548 g/mol. The van der Waals surface area contributed by atoms with Gasteiger partial charge in [0.2, 0.25) is 0 Å². The lowest BCUT2D eigenvalue weighted by atomic mass is 9.65. The van der Waals surface area contributed by atoms with Gasteiger partial charge >= 0.3 is 0 Å². The van der Waals surface area contributed by atoms with Gasteiger partial charge in [-0.1, -0.05) is 75.4 Å². The Morgan fingerprint density at radius 1 is 0.929 bits per heavy atom. The maximum Gasteiger partial charge on any atom is 0.261 e. The lowest BCUT2D eigenvalue weighted by Gasteiger charge is -2.41. The van der Waals surface area contributed by atoms with Gasteiger partial charge in [-0.2, -0.15) is 0 Å². The fourth-order valence-electron chi connectivity index (χ4n) is 7.65. The summed E-state index contributed by atoms with van der Waals surface area (Å²) >= 11 is 0. The van der Waals surface area contributed by atoms with Crippen LogP contribution in [0.4, 0.5) is 5.69 Å². The number of nitrogens with zero attached hydrogens (tertiary/aromatic N) is 1. The van der Waals surface area contributed by atoms with Gasteiger partial charge in [-0.15, -0.1) is 0 Å². The molecule has 42 heavy (non-hydrogen) atoms. The van der Waals surface area contributed by atoms with E-state index in [9.17, 15) is 13.5 Å². The van der Waals surface area contributed by atoms with Crippen molar-refractivity contribution in [3.8, 4) is 0 Å². The first kappa shape index (κ1) is 29.3. The van der Waals surface area contributed by atoms with Crippen LogP contribution in [0.15, 0.2) is 83.8 Å². The molecular formula is C34H42N2O5S. The van der Waals surface area contributed by atoms with Crippen molar-refractivity contribution in [1.29, 1.82) is 0 Å². The first-order valence-corrected chi connectivity index (χ1v) is 16.4. The van der Waals surface area contributed by atoms with Gasteiger partial charge in [-0.25, -0.2) is 8.42 Å². The highest BCUT2D eigenvalue weighted by Gasteiger charge is 2.50. The maximum absolute atomic E-state index is 13.0. The summed E-state index contributed by atoms with van der Waals surface area (Å²) in [6.45, 7) is 9.14. The molecule has 2 unspecified atom stereocenters. The molecule has 1 saturated carbocycles. The Balaban J connectivity index is 1.25. The molecule has 224 valence electrons. The van der Waals surface area contributed by atoms with Crippen molar-refractivity contribution < 1.29 is 23.0 Å². The minimum Gasteiger partial charge on any atom is -0.392 e. The van der Waals surface area contributed by atoms with Gasteiger partial charge in [0.25, 0.3) is 10.0 Å². The Kier molecular flexibility index (Phi) is 7.96. The Morgan fingerprint density at radius 2 is 1.69 bits per heavy atom. The van der Waals surface area contributed by atoms with E-state index in [4.69, 9.17) is 9.47 Å². The van der Waals surface area contributed by atoms with Crippen LogP contribution in [0.3, 0.4) is 0 Å². The number of aliphatic hydroxyl groups excluding tert-OH is 1. The second-order valence-electron chi connectivity index (χ2n) is 13.5. The minimum absolute atomic E-state index is 0.00267. The maximum atomic E-state index is 13.0. The molecule has 2 aliphatic heterocycles. The third kappa shape index (κ3) is 6.43. The molecule has 5 atom stereocenters. The molecule has 0 radical (unpaired) electrons. The van der Waals surface area contributed by atoms with Crippen LogP contribution in [0.25, 0.3) is 0 Å². The number of fused-ring (bicyclic) bond motifs is 2. The summed E-state index contributed by atoms with van der Waals surface area (Å²) < 4.78 is 41.9. The number of aliphatic hydroxyl groups is 1. The predicted molar refractivity (Wildman–Crippen MR) is 163 cm³/mol. The van der Waals surface area contributed by atoms with Gasteiger partial charge in [-0.3, -0.25) is 9.62 Å². The topological polar surface area (TPSA) is 88.1 Å². The monoisotopic (exact) mass is 590 g/mol.